The van der Waals surface area contributed by atoms with Gasteiger partial charge in [0.25, 0.3) is 0 Å². The van der Waals surface area contributed by atoms with Crippen molar-refractivity contribution in [2.75, 3.05) is 6.26 Å². The van der Waals surface area contributed by atoms with Crippen LogP contribution >= 0.6 is 11.8 Å². The summed E-state index contributed by atoms with van der Waals surface area (Å²) in [4.78, 5) is 5.41. The highest BCUT2D eigenvalue weighted by molar-refractivity contribution is 7.98. The first-order chi connectivity index (χ1) is 6.90. The van der Waals surface area contributed by atoms with Crippen LogP contribution in [0.3, 0.4) is 0 Å². The zero-order chi connectivity index (χ0) is 9.80. The van der Waals surface area contributed by atoms with Gasteiger partial charge < -0.3 is 0 Å². The predicted molar refractivity (Wildman–Crippen MR) is 61.5 cm³/mol. The van der Waals surface area contributed by atoms with Gasteiger partial charge in [-0.25, -0.2) is 0 Å². The van der Waals surface area contributed by atoms with E-state index in [9.17, 15) is 0 Å². The number of nitrogens with zero attached hydrogens (tertiary/aromatic N) is 1. The maximum atomic E-state index is 4.21. The molecule has 0 radical (unpaired) electrons. The largest absolute Gasteiger partial charge is 0.263 e. The molecule has 70 valence electrons. The van der Waals surface area contributed by atoms with Gasteiger partial charge >= 0.3 is 0 Å². The summed E-state index contributed by atoms with van der Waals surface area (Å²) in [5.74, 6) is 0. The van der Waals surface area contributed by atoms with Gasteiger partial charge in [0.05, 0.1) is 0 Å². The van der Waals surface area contributed by atoms with E-state index in [1.54, 1.807) is 11.8 Å². The van der Waals surface area contributed by atoms with E-state index in [0.717, 1.165) is 0 Å². The SMILES string of the molecule is CSc1cncc(-c2ccccc2)c1. The molecule has 0 amide bonds. The van der Waals surface area contributed by atoms with Crippen molar-refractivity contribution < 1.29 is 0 Å². The lowest BCUT2D eigenvalue weighted by Gasteiger charge is -2.02. The van der Waals surface area contributed by atoms with Crippen molar-refractivity contribution in [3.05, 3.63) is 48.8 Å². The third kappa shape index (κ3) is 1.96. The molecule has 2 rings (SSSR count). The Bertz CT molecular complexity index is 412. The lowest BCUT2D eigenvalue weighted by atomic mass is 10.1. The van der Waals surface area contributed by atoms with Crippen LogP contribution < -0.4 is 0 Å². The predicted octanol–water partition coefficient (Wildman–Crippen LogP) is 3.47. The first kappa shape index (κ1) is 9.28. The summed E-state index contributed by atoms with van der Waals surface area (Å²) < 4.78 is 0. The molecule has 1 aromatic carbocycles. The Hall–Kier alpha value is -1.28. The molecule has 0 saturated carbocycles. The summed E-state index contributed by atoms with van der Waals surface area (Å²) in [5.41, 5.74) is 2.40. The molecule has 0 aliphatic heterocycles. The van der Waals surface area contributed by atoms with E-state index in [1.807, 2.05) is 30.6 Å². The summed E-state index contributed by atoms with van der Waals surface area (Å²) >= 11 is 1.72. The van der Waals surface area contributed by atoms with Crippen LogP contribution in [0.4, 0.5) is 0 Å². The van der Waals surface area contributed by atoms with Crippen molar-refractivity contribution in [2.45, 2.75) is 4.90 Å². The van der Waals surface area contributed by atoms with E-state index in [4.69, 9.17) is 0 Å². The Kier molecular flexibility index (Phi) is 2.84. The van der Waals surface area contributed by atoms with Gasteiger partial charge in [0.2, 0.25) is 0 Å². The van der Waals surface area contributed by atoms with Gasteiger partial charge in [-0.2, -0.15) is 0 Å². The molecule has 0 bridgehead atoms. The van der Waals surface area contributed by atoms with Gasteiger partial charge in [-0.1, -0.05) is 30.3 Å². The molecular formula is C12H11NS. The molecule has 0 aliphatic carbocycles. The normalized spacial score (nSPS) is 10.1. The van der Waals surface area contributed by atoms with Gasteiger partial charge in [-0.3, -0.25) is 4.98 Å². The van der Waals surface area contributed by atoms with Crippen LogP contribution in [0.25, 0.3) is 11.1 Å². The monoisotopic (exact) mass is 201 g/mol. The lowest BCUT2D eigenvalue weighted by molar-refractivity contribution is 1.24. The number of rotatable bonds is 2. The van der Waals surface area contributed by atoms with Crippen molar-refractivity contribution in [1.29, 1.82) is 0 Å². The number of aromatic nitrogens is 1. The first-order valence-corrected chi connectivity index (χ1v) is 5.67. The zero-order valence-corrected chi connectivity index (χ0v) is 8.79. The number of hydrogen-bond acceptors (Lipinski definition) is 2. The molecule has 0 unspecified atom stereocenters. The van der Waals surface area contributed by atoms with Crippen LogP contribution in [0.15, 0.2) is 53.7 Å². The molecule has 0 fully saturated rings. The third-order valence-corrected chi connectivity index (χ3v) is 2.75. The topological polar surface area (TPSA) is 12.9 Å². The van der Waals surface area contributed by atoms with Crippen molar-refractivity contribution in [2.24, 2.45) is 0 Å². The third-order valence-electron chi connectivity index (χ3n) is 2.06. The lowest BCUT2D eigenvalue weighted by Crippen LogP contribution is -1.80. The number of hydrogen-bond donors (Lipinski definition) is 0. The van der Waals surface area contributed by atoms with Crippen molar-refractivity contribution in [1.82, 2.24) is 4.98 Å². The van der Waals surface area contributed by atoms with E-state index >= 15 is 0 Å². The minimum Gasteiger partial charge on any atom is -0.263 e. The standard InChI is InChI=1S/C12H11NS/c1-14-12-7-11(8-13-9-12)10-5-3-2-4-6-10/h2-9H,1H3. The second-order valence-corrected chi connectivity index (χ2v) is 3.86. The van der Waals surface area contributed by atoms with Crippen molar-refractivity contribution in [3.8, 4) is 11.1 Å². The Morgan fingerprint density at radius 1 is 1.00 bits per heavy atom. The highest BCUT2D eigenvalue weighted by Crippen LogP contribution is 2.22. The Morgan fingerprint density at radius 3 is 2.50 bits per heavy atom. The van der Waals surface area contributed by atoms with E-state index in [1.165, 1.54) is 16.0 Å². The minimum atomic E-state index is 1.18. The second-order valence-electron chi connectivity index (χ2n) is 2.98. The van der Waals surface area contributed by atoms with E-state index in [0.29, 0.717) is 0 Å². The summed E-state index contributed by atoms with van der Waals surface area (Å²) in [6.07, 6.45) is 5.85. The average Bonchev–Trinajstić information content (AvgIpc) is 2.30. The van der Waals surface area contributed by atoms with Crippen molar-refractivity contribution in [3.63, 3.8) is 0 Å². The van der Waals surface area contributed by atoms with Gasteiger partial charge in [-0.15, -0.1) is 11.8 Å². The molecule has 1 nitrogen and oxygen atoms in total. The fraction of sp³-hybridized carbons (Fsp3) is 0.0833. The number of pyridine rings is 1. The summed E-state index contributed by atoms with van der Waals surface area (Å²) in [7, 11) is 0. The summed E-state index contributed by atoms with van der Waals surface area (Å²) in [5, 5.41) is 0. The average molecular weight is 201 g/mol. The van der Waals surface area contributed by atoms with Crippen LogP contribution in [-0.2, 0) is 0 Å². The Labute approximate surface area is 88.2 Å². The van der Waals surface area contributed by atoms with E-state index in [2.05, 4.69) is 29.4 Å². The second kappa shape index (κ2) is 4.29. The van der Waals surface area contributed by atoms with E-state index < -0.39 is 0 Å². The molecule has 0 aliphatic rings. The van der Waals surface area contributed by atoms with Crippen LogP contribution in [0.5, 0.6) is 0 Å². The van der Waals surface area contributed by atoms with Gasteiger partial charge in [0, 0.05) is 22.9 Å². The van der Waals surface area contributed by atoms with Crippen LogP contribution in [0.1, 0.15) is 0 Å². The molecular weight excluding hydrogens is 190 g/mol. The fourth-order valence-corrected chi connectivity index (χ4v) is 1.73. The van der Waals surface area contributed by atoms with Crippen LogP contribution in [0, 0.1) is 0 Å². The Morgan fingerprint density at radius 2 is 1.79 bits per heavy atom. The molecule has 2 aromatic rings. The fourth-order valence-electron chi connectivity index (χ4n) is 1.32. The number of thioether (sulfide) groups is 1. The molecule has 1 heterocycles. The molecule has 2 heteroatoms. The molecule has 1 aromatic heterocycles. The molecule has 0 N–H and O–H groups in total. The number of benzene rings is 1. The molecule has 0 spiro atoms. The maximum absolute atomic E-state index is 4.21. The van der Waals surface area contributed by atoms with Gasteiger partial charge in [0.1, 0.15) is 0 Å². The van der Waals surface area contributed by atoms with Crippen molar-refractivity contribution >= 4 is 11.8 Å². The molecule has 0 saturated heterocycles. The Balaban J connectivity index is 2.42. The summed E-state index contributed by atoms with van der Waals surface area (Å²) in [6, 6.07) is 12.5. The summed E-state index contributed by atoms with van der Waals surface area (Å²) in [6.45, 7) is 0. The van der Waals surface area contributed by atoms with Crippen LogP contribution in [0.2, 0.25) is 0 Å². The van der Waals surface area contributed by atoms with Crippen LogP contribution in [-0.4, -0.2) is 11.2 Å². The molecule has 14 heavy (non-hydrogen) atoms. The quantitative estimate of drug-likeness (QED) is 0.690. The smallest absolute Gasteiger partial charge is 0.0404 e. The zero-order valence-electron chi connectivity index (χ0n) is 7.97. The highest BCUT2D eigenvalue weighted by atomic mass is 32.2. The minimum absolute atomic E-state index is 1.18. The first-order valence-electron chi connectivity index (χ1n) is 4.44. The molecule has 0 atom stereocenters. The van der Waals surface area contributed by atoms with Gasteiger partial charge in [-0.05, 0) is 17.9 Å². The highest BCUT2D eigenvalue weighted by Gasteiger charge is 1.97. The maximum Gasteiger partial charge on any atom is 0.0404 e. The van der Waals surface area contributed by atoms with E-state index in [-0.39, 0.29) is 0 Å². The van der Waals surface area contributed by atoms with Gasteiger partial charge in [0.15, 0.2) is 0 Å².